The molecule has 0 N–H and O–H groups in total. The summed E-state index contributed by atoms with van der Waals surface area (Å²) >= 11 is 3.77. The Hall–Kier alpha value is -0.500. The molecule has 0 spiro atoms. The van der Waals surface area contributed by atoms with Gasteiger partial charge in [0, 0.05) is 4.83 Å². The number of halogens is 1. The lowest BCUT2D eigenvalue weighted by Crippen LogP contribution is -2.15. The summed E-state index contributed by atoms with van der Waals surface area (Å²) in [6.45, 7) is 9.67. The number of hydrogen-bond acceptors (Lipinski definition) is 1. The molecule has 96 valence electrons. The minimum Gasteiger partial charge on any atom is -0.494 e. The summed E-state index contributed by atoms with van der Waals surface area (Å²) in [6, 6.07) is 8.49. The molecule has 2 unspecified atom stereocenters. The Morgan fingerprint density at radius 3 is 2.18 bits per heavy atom. The molecule has 0 saturated heterocycles. The van der Waals surface area contributed by atoms with Crippen LogP contribution in [0, 0.1) is 5.92 Å². The molecule has 2 atom stereocenters. The summed E-state index contributed by atoms with van der Waals surface area (Å²) in [7, 11) is 0. The molecule has 0 heterocycles. The van der Waals surface area contributed by atoms with Crippen molar-refractivity contribution in [2.45, 2.75) is 44.9 Å². The number of alkyl halides is 1. The van der Waals surface area contributed by atoms with Crippen LogP contribution in [0.2, 0.25) is 0 Å². The van der Waals surface area contributed by atoms with Crippen LogP contribution < -0.4 is 4.74 Å². The van der Waals surface area contributed by atoms with Crippen LogP contribution in [-0.2, 0) is 0 Å². The fourth-order valence-corrected chi connectivity index (χ4v) is 2.15. The van der Waals surface area contributed by atoms with Gasteiger partial charge in [-0.2, -0.15) is 0 Å². The first-order valence-electron chi connectivity index (χ1n) is 6.43. The van der Waals surface area contributed by atoms with Gasteiger partial charge in [0.15, 0.2) is 0 Å². The van der Waals surface area contributed by atoms with Gasteiger partial charge in [-0.05, 0) is 36.0 Å². The normalized spacial score (nSPS) is 14.7. The first-order valence-corrected chi connectivity index (χ1v) is 7.34. The van der Waals surface area contributed by atoms with Crippen molar-refractivity contribution in [2.24, 2.45) is 5.92 Å². The highest BCUT2D eigenvalue weighted by atomic mass is 79.9. The predicted octanol–water partition coefficient (Wildman–Crippen LogP) is 5.00. The Bertz CT molecular complexity index is 318. The van der Waals surface area contributed by atoms with Crippen LogP contribution >= 0.6 is 15.9 Å². The Labute approximate surface area is 114 Å². The highest BCUT2D eigenvalue weighted by molar-refractivity contribution is 9.09. The molecule has 0 aliphatic heterocycles. The average Bonchev–Trinajstić information content (AvgIpc) is 2.35. The summed E-state index contributed by atoms with van der Waals surface area (Å²) in [4.78, 5) is 0.518. The molecule has 0 fully saturated rings. The second kappa shape index (κ2) is 7.05. The highest BCUT2D eigenvalue weighted by Gasteiger charge is 2.18. The van der Waals surface area contributed by atoms with E-state index in [1.54, 1.807) is 0 Å². The molecule has 2 heteroatoms. The van der Waals surface area contributed by atoms with Crippen LogP contribution in [0.15, 0.2) is 24.3 Å². The molecule has 0 aromatic heterocycles. The molecule has 1 aromatic rings. The van der Waals surface area contributed by atoms with Gasteiger partial charge in [0.2, 0.25) is 0 Å². The van der Waals surface area contributed by atoms with Crippen molar-refractivity contribution in [3.05, 3.63) is 29.8 Å². The Morgan fingerprint density at radius 2 is 1.71 bits per heavy atom. The van der Waals surface area contributed by atoms with Crippen molar-refractivity contribution in [2.75, 3.05) is 6.61 Å². The van der Waals surface area contributed by atoms with E-state index in [1.807, 2.05) is 0 Å². The second-order valence-electron chi connectivity index (χ2n) is 4.89. The third kappa shape index (κ3) is 4.34. The number of ether oxygens (including phenoxy) is 1. The zero-order valence-corrected chi connectivity index (χ0v) is 12.8. The van der Waals surface area contributed by atoms with E-state index in [1.165, 1.54) is 5.56 Å². The van der Waals surface area contributed by atoms with Crippen LogP contribution in [0.1, 0.15) is 45.6 Å². The molecule has 0 bridgehead atoms. The van der Waals surface area contributed by atoms with E-state index in [0.717, 1.165) is 18.8 Å². The minimum absolute atomic E-state index is 0.518. The van der Waals surface area contributed by atoms with Gasteiger partial charge in [-0.3, -0.25) is 0 Å². The third-order valence-electron chi connectivity index (χ3n) is 2.99. The van der Waals surface area contributed by atoms with Crippen LogP contribution in [0.4, 0.5) is 0 Å². The molecular formula is C15H23BrO. The van der Waals surface area contributed by atoms with Gasteiger partial charge in [0.25, 0.3) is 0 Å². The number of rotatable bonds is 6. The second-order valence-corrected chi connectivity index (χ2v) is 5.95. The van der Waals surface area contributed by atoms with Crippen molar-refractivity contribution in [1.82, 2.24) is 0 Å². The first-order chi connectivity index (χ1) is 8.06. The van der Waals surface area contributed by atoms with Gasteiger partial charge in [-0.1, -0.05) is 55.8 Å². The van der Waals surface area contributed by atoms with Gasteiger partial charge >= 0.3 is 0 Å². The average molecular weight is 299 g/mol. The smallest absolute Gasteiger partial charge is 0.119 e. The van der Waals surface area contributed by atoms with E-state index >= 15 is 0 Å². The maximum atomic E-state index is 5.59. The lowest BCUT2D eigenvalue weighted by Gasteiger charge is -2.22. The van der Waals surface area contributed by atoms with E-state index in [4.69, 9.17) is 4.74 Å². The summed E-state index contributed by atoms with van der Waals surface area (Å²) in [6.07, 6.45) is 1.05. The third-order valence-corrected chi connectivity index (χ3v) is 4.84. The van der Waals surface area contributed by atoms with Gasteiger partial charge in [-0.15, -0.1) is 0 Å². The molecule has 0 aliphatic rings. The van der Waals surface area contributed by atoms with Crippen LogP contribution in [0.3, 0.4) is 0 Å². The van der Waals surface area contributed by atoms with Crippen molar-refractivity contribution in [3.63, 3.8) is 0 Å². The van der Waals surface area contributed by atoms with Gasteiger partial charge in [-0.25, -0.2) is 0 Å². The van der Waals surface area contributed by atoms with Crippen LogP contribution in [0.25, 0.3) is 0 Å². The zero-order chi connectivity index (χ0) is 12.8. The summed E-state index contributed by atoms with van der Waals surface area (Å²) < 4.78 is 5.59. The van der Waals surface area contributed by atoms with Crippen molar-refractivity contribution >= 4 is 15.9 Å². The summed E-state index contributed by atoms with van der Waals surface area (Å²) in [5.41, 5.74) is 1.37. The van der Waals surface area contributed by atoms with Gasteiger partial charge in [0.05, 0.1) is 6.61 Å². The SMILES string of the molecule is CCCOc1ccc(C(C)C(Br)C(C)C)cc1. The van der Waals surface area contributed by atoms with E-state index in [9.17, 15) is 0 Å². The number of benzene rings is 1. The quantitative estimate of drug-likeness (QED) is 0.672. The zero-order valence-electron chi connectivity index (χ0n) is 11.2. The molecule has 1 rings (SSSR count). The van der Waals surface area contributed by atoms with E-state index in [-0.39, 0.29) is 0 Å². The maximum absolute atomic E-state index is 5.59. The van der Waals surface area contributed by atoms with E-state index < -0.39 is 0 Å². The molecule has 17 heavy (non-hydrogen) atoms. The summed E-state index contributed by atoms with van der Waals surface area (Å²) in [5, 5.41) is 0. The van der Waals surface area contributed by atoms with E-state index in [2.05, 4.69) is 67.9 Å². The molecule has 1 nitrogen and oxygen atoms in total. The largest absolute Gasteiger partial charge is 0.494 e. The minimum atomic E-state index is 0.518. The topological polar surface area (TPSA) is 9.23 Å². The Kier molecular flexibility index (Phi) is 6.04. The fraction of sp³-hybridized carbons (Fsp3) is 0.600. The van der Waals surface area contributed by atoms with Crippen molar-refractivity contribution < 1.29 is 4.74 Å². The molecular weight excluding hydrogens is 276 g/mol. The Morgan fingerprint density at radius 1 is 1.12 bits per heavy atom. The molecule has 0 saturated carbocycles. The molecule has 1 aromatic carbocycles. The molecule has 0 amide bonds. The first kappa shape index (κ1) is 14.6. The molecule has 0 aliphatic carbocycles. The lowest BCUT2D eigenvalue weighted by atomic mass is 9.92. The highest BCUT2D eigenvalue weighted by Crippen LogP contribution is 2.30. The van der Waals surface area contributed by atoms with Crippen molar-refractivity contribution in [1.29, 1.82) is 0 Å². The standard InChI is InChI=1S/C15H23BrO/c1-5-10-17-14-8-6-13(7-9-14)12(4)15(16)11(2)3/h6-9,11-12,15H,5,10H2,1-4H3. The summed E-state index contributed by atoms with van der Waals surface area (Å²) in [5.74, 6) is 2.13. The predicted molar refractivity (Wildman–Crippen MR) is 78.2 cm³/mol. The maximum Gasteiger partial charge on any atom is 0.119 e. The van der Waals surface area contributed by atoms with Crippen LogP contribution in [0.5, 0.6) is 5.75 Å². The lowest BCUT2D eigenvalue weighted by molar-refractivity contribution is 0.317. The van der Waals surface area contributed by atoms with Gasteiger partial charge < -0.3 is 4.74 Å². The monoisotopic (exact) mass is 298 g/mol. The Balaban J connectivity index is 2.66. The fourth-order valence-electron chi connectivity index (χ4n) is 1.85. The van der Waals surface area contributed by atoms with E-state index in [0.29, 0.717) is 16.7 Å². The van der Waals surface area contributed by atoms with Crippen molar-refractivity contribution in [3.8, 4) is 5.75 Å². The van der Waals surface area contributed by atoms with Gasteiger partial charge in [0.1, 0.15) is 5.75 Å². The van der Waals surface area contributed by atoms with Crippen LogP contribution in [-0.4, -0.2) is 11.4 Å². The molecule has 0 radical (unpaired) electrons. The number of hydrogen-bond donors (Lipinski definition) is 0.